The van der Waals surface area contributed by atoms with E-state index >= 15 is 0 Å². The van der Waals surface area contributed by atoms with Crippen LogP contribution < -0.4 is 0 Å². The van der Waals surface area contributed by atoms with Crippen molar-refractivity contribution in [3.63, 3.8) is 0 Å². The molecule has 0 fully saturated rings. The Balaban J connectivity index is 0. The first-order valence-electron chi connectivity index (χ1n) is 0. The van der Waals surface area contributed by atoms with Gasteiger partial charge in [-0.3, -0.25) is 0 Å². The number of hydrogen-bond acceptors (Lipinski definition) is 0. The Kier molecular flexibility index (Phi) is 169. The van der Waals surface area contributed by atoms with Gasteiger partial charge < -0.3 is 5.48 Å². The first-order valence-corrected chi connectivity index (χ1v) is 0. The van der Waals surface area contributed by atoms with Crippen molar-refractivity contribution in [1.82, 2.24) is 0 Å². The van der Waals surface area contributed by atoms with Crippen LogP contribution in [0.3, 0.4) is 0 Å². The fourth-order valence-corrected chi connectivity index (χ4v) is 0. The van der Waals surface area contributed by atoms with Crippen molar-refractivity contribution in [2.45, 2.75) is 0 Å². The summed E-state index contributed by atoms with van der Waals surface area (Å²) >= 11 is 0. The molecule has 0 unspecified atom stereocenters. The molecular formula is H2BiCuOTe. The normalized spacial score (nSPS) is 0. The Bertz CT molecular complexity index is 8.00. The minimum absolute atomic E-state index is 0. The molecule has 0 rings (SSSR count). The van der Waals surface area contributed by atoms with Gasteiger partial charge in [0.2, 0.25) is 0 Å². The van der Waals surface area contributed by atoms with Crippen molar-refractivity contribution in [1.29, 1.82) is 0 Å². The summed E-state index contributed by atoms with van der Waals surface area (Å²) in [6.45, 7) is 0. The van der Waals surface area contributed by atoms with Crippen molar-refractivity contribution in [3.8, 4) is 0 Å². The van der Waals surface area contributed by atoms with Crippen LogP contribution in [0.2, 0.25) is 0 Å². The van der Waals surface area contributed by atoms with Crippen LogP contribution in [0.15, 0.2) is 0 Å². The average molecular weight is 418 g/mol. The smallest absolute Gasteiger partial charge is 0 e. The molecule has 0 aromatic carbocycles. The van der Waals surface area contributed by atoms with Gasteiger partial charge in [0.05, 0.1) is 0 Å². The minimum atomic E-state index is 0. The van der Waals surface area contributed by atoms with Gasteiger partial charge in [-0.2, -0.15) is 0 Å². The zero-order valence-corrected chi connectivity index (χ0v) is 8.41. The van der Waals surface area contributed by atoms with E-state index in [9.17, 15) is 0 Å². The molecule has 0 saturated heterocycles. The molecule has 0 aromatic heterocycles. The summed E-state index contributed by atoms with van der Waals surface area (Å²) in [5.74, 6) is 0. The molecule has 0 amide bonds. The molecule has 4 heavy (non-hydrogen) atoms. The first-order chi connectivity index (χ1) is 0. The van der Waals surface area contributed by atoms with Crippen molar-refractivity contribution in [2.24, 2.45) is 0 Å². The maximum Gasteiger partial charge on any atom is 0 e. The van der Waals surface area contributed by atoms with Crippen LogP contribution in [0.25, 0.3) is 0 Å². The SMILES string of the molecule is O.[Bi].[Cu].[Te]. The molecule has 0 bridgehead atoms. The minimum Gasteiger partial charge on any atom is -0.412 e. The van der Waals surface area contributed by atoms with E-state index < -0.39 is 0 Å². The maximum atomic E-state index is 0. The summed E-state index contributed by atoms with van der Waals surface area (Å²) in [6.07, 6.45) is 0. The second-order valence-electron chi connectivity index (χ2n) is 0. The number of rotatable bonds is 0. The van der Waals surface area contributed by atoms with Crippen LogP contribution in [-0.4, -0.2) is 55.3 Å². The summed E-state index contributed by atoms with van der Waals surface area (Å²) in [4.78, 5) is 0. The van der Waals surface area contributed by atoms with Crippen molar-refractivity contribution >= 4 is 49.9 Å². The predicted molar refractivity (Wildman–Crippen MR) is 15.1 cm³/mol. The monoisotopic (exact) mass is 420 g/mol. The van der Waals surface area contributed by atoms with Crippen molar-refractivity contribution in [3.05, 3.63) is 0 Å². The Hall–Kier alpha value is 2.15. The van der Waals surface area contributed by atoms with E-state index in [1.807, 2.05) is 0 Å². The topological polar surface area (TPSA) is 31.5 Å². The predicted octanol–water partition coefficient (Wildman–Crippen LogP) is -1.59. The van der Waals surface area contributed by atoms with Gasteiger partial charge in [-0.05, 0) is 0 Å². The third-order valence-electron chi connectivity index (χ3n) is 0. The summed E-state index contributed by atoms with van der Waals surface area (Å²) in [5.41, 5.74) is 0. The molecule has 0 heterocycles. The second-order valence-corrected chi connectivity index (χ2v) is 0. The van der Waals surface area contributed by atoms with Crippen LogP contribution in [0.1, 0.15) is 0 Å². The average Bonchev–Trinajstić information content (AvgIpc) is 0. The number of hydrogen-bond donors (Lipinski definition) is 0. The molecule has 30 valence electrons. The molecule has 1 nitrogen and oxygen atoms in total. The van der Waals surface area contributed by atoms with Crippen LogP contribution >= 0.6 is 0 Å². The van der Waals surface area contributed by atoms with Crippen LogP contribution in [0.5, 0.6) is 0 Å². The van der Waals surface area contributed by atoms with Gasteiger partial charge in [-0.15, -0.1) is 0 Å². The zero-order valence-electron chi connectivity index (χ0n) is 1.66. The summed E-state index contributed by atoms with van der Waals surface area (Å²) in [5, 5.41) is 0. The van der Waals surface area contributed by atoms with Crippen molar-refractivity contribution < 1.29 is 22.5 Å². The van der Waals surface area contributed by atoms with E-state index in [0.29, 0.717) is 0 Å². The molecule has 2 N–H and O–H groups in total. The summed E-state index contributed by atoms with van der Waals surface area (Å²) < 4.78 is 0. The van der Waals surface area contributed by atoms with Gasteiger partial charge >= 0.3 is 0 Å². The third kappa shape index (κ3) is 8.91. The summed E-state index contributed by atoms with van der Waals surface area (Å²) in [7, 11) is 0. The molecule has 4 heteroatoms. The van der Waals surface area contributed by atoms with Gasteiger partial charge in [-0.1, -0.05) is 0 Å². The van der Waals surface area contributed by atoms with E-state index in [4.69, 9.17) is 0 Å². The summed E-state index contributed by atoms with van der Waals surface area (Å²) in [6, 6.07) is 0. The van der Waals surface area contributed by atoms with E-state index in [1.165, 1.54) is 0 Å². The zero-order chi connectivity index (χ0) is 0. The Labute approximate surface area is 71.5 Å². The van der Waals surface area contributed by atoms with Crippen LogP contribution in [0, 0.1) is 0 Å². The molecule has 0 aliphatic rings. The third-order valence-corrected chi connectivity index (χ3v) is 0. The molecule has 0 atom stereocenters. The van der Waals surface area contributed by atoms with Crippen LogP contribution in [-0.2, 0) is 17.1 Å². The van der Waals surface area contributed by atoms with Gasteiger partial charge in [0, 0.05) is 66.9 Å². The maximum absolute atomic E-state index is 0. The van der Waals surface area contributed by atoms with Gasteiger partial charge in [-0.25, -0.2) is 0 Å². The standard InChI is InChI=1S/Bi.Cu.H2O.Te/h;;1H2;. The molecule has 0 aliphatic heterocycles. The molecule has 0 aromatic rings. The quantitative estimate of drug-likeness (QED) is 0.426. The van der Waals surface area contributed by atoms with E-state index in [1.54, 1.807) is 0 Å². The van der Waals surface area contributed by atoms with Gasteiger partial charge in [0.1, 0.15) is 0 Å². The first kappa shape index (κ1) is 35.3. The fraction of sp³-hybridized carbons (Fsp3) is 0. The van der Waals surface area contributed by atoms with Crippen LogP contribution in [0.4, 0.5) is 0 Å². The molecule has 0 aliphatic carbocycles. The molecular weight excluding hydrogens is 416 g/mol. The van der Waals surface area contributed by atoms with E-state index in [-0.39, 0.29) is 72.4 Å². The van der Waals surface area contributed by atoms with E-state index in [0.717, 1.165) is 0 Å². The Morgan fingerprint density at radius 3 is 1.00 bits per heavy atom. The molecule has 0 saturated carbocycles. The van der Waals surface area contributed by atoms with Gasteiger partial charge in [0.25, 0.3) is 0 Å². The largest absolute Gasteiger partial charge is 0.412 e. The molecule has 0 spiro atoms. The van der Waals surface area contributed by atoms with Crippen molar-refractivity contribution in [2.75, 3.05) is 0 Å². The molecule has 6 radical (unpaired) electrons. The van der Waals surface area contributed by atoms with Gasteiger partial charge in [0.15, 0.2) is 0 Å². The Morgan fingerprint density at radius 1 is 1.00 bits per heavy atom. The fourth-order valence-electron chi connectivity index (χ4n) is 0. The second kappa shape index (κ2) is 19.2. The van der Waals surface area contributed by atoms with E-state index in [2.05, 4.69) is 0 Å². The Morgan fingerprint density at radius 2 is 1.00 bits per heavy atom.